The zero-order chi connectivity index (χ0) is 15.2. The summed E-state index contributed by atoms with van der Waals surface area (Å²) in [5.74, 6) is 0.677. The van der Waals surface area contributed by atoms with Crippen LogP contribution >= 0.6 is 0 Å². The van der Waals surface area contributed by atoms with Crippen molar-refractivity contribution in [3.63, 3.8) is 0 Å². The van der Waals surface area contributed by atoms with Crippen molar-refractivity contribution in [3.8, 4) is 11.5 Å². The van der Waals surface area contributed by atoms with Gasteiger partial charge in [-0.1, -0.05) is 6.07 Å². The van der Waals surface area contributed by atoms with Crippen LogP contribution in [0.5, 0.6) is 0 Å². The summed E-state index contributed by atoms with van der Waals surface area (Å²) in [5.41, 5.74) is 0.807. The Morgan fingerprint density at radius 2 is 2.18 bits per heavy atom. The lowest BCUT2D eigenvalue weighted by molar-refractivity contribution is -0.121. The van der Waals surface area contributed by atoms with Crippen LogP contribution in [0.1, 0.15) is 0 Å². The predicted molar refractivity (Wildman–Crippen MR) is 78.5 cm³/mol. The third kappa shape index (κ3) is 3.35. The van der Waals surface area contributed by atoms with E-state index in [1.807, 2.05) is 29.0 Å². The minimum Gasteiger partial charge on any atom is -0.353 e. The van der Waals surface area contributed by atoms with Crippen LogP contribution in [-0.2, 0) is 17.9 Å². The Morgan fingerprint density at radius 1 is 1.23 bits per heavy atom. The molecule has 3 heterocycles. The largest absolute Gasteiger partial charge is 0.353 e. The summed E-state index contributed by atoms with van der Waals surface area (Å²) in [4.78, 5) is 24.1. The van der Waals surface area contributed by atoms with E-state index in [1.54, 1.807) is 12.4 Å². The molecule has 0 aliphatic heterocycles. The highest BCUT2D eigenvalue weighted by Crippen LogP contribution is 2.13. The average Bonchev–Trinajstić information content (AvgIpc) is 3.20. The number of carbonyl (C=O) groups is 1. The van der Waals surface area contributed by atoms with Gasteiger partial charge in [0.1, 0.15) is 24.9 Å². The first-order valence-electron chi connectivity index (χ1n) is 6.84. The molecule has 0 saturated carbocycles. The predicted octanol–water partition coefficient (Wildman–Crippen LogP) is 0.353. The van der Waals surface area contributed by atoms with E-state index in [0.717, 1.165) is 11.5 Å². The highest BCUT2D eigenvalue weighted by Gasteiger charge is 2.07. The molecule has 3 rings (SSSR count). The molecule has 0 atom stereocenters. The maximum Gasteiger partial charge on any atom is 0.241 e. The number of amides is 1. The maximum atomic E-state index is 11.8. The molecule has 8 heteroatoms. The van der Waals surface area contributed by atoms with Crippen LogP contribution in [0.2, 0.25) is 0 Å². The molecule has 22 heavy (non-hydrogen) atoms. The molecule has 0 radical (unpaired) electrons. The van der Waals surface area contributed by atoms with E-state index in [9.17, 15) is 4.79 Å². The molecule has 1 amide bonds. The fourth-order valence-electron chi connectivity index (χ4n) is 2.05. The van der Waals surface area contributed by atoms with Crippen LogP contribution in [0.4, 0.5) is 0 Å². The molecule has 112 valence electrons. The first-order valence-corrected chi connectivity index (χ1v) is 6.84. The molecule has 8 nitrogen and oxygen atoms in total. The lowest BCUT2D eigenvalue weighted by atomic mass is 10.3. The summed E-state index contributed by atoms with van der Waals surface area (Å²) in [5, 5.41) is 6.73. The van der Waals surface area contributed by atoms with Crippen molar-refractivity contribution in [2.45, 2.75) is 13.1 Å². The van der Waals surface area contributed by atoms with Gasteiger partial charge in [0.05, 0.1) is 0 Å². The second kappa shape index (κ2) is 6.61. The van der Waals surface area contributed by atoms with E-state index in [0.29, 0.717) is 13.1 Å². The van der Waals surface area contributed by atoms with Gasteiger partial charge < -0.3 is 9.88 Å². The van der Waals surface area contributed by atoms with E-state index >= 15 is 0 Å². The number of nitrogens with zero attached hydrogens (tertiary/aromatic N) is 6. The smallest absolute Gasteiger partial charge is 0.241 e. The van der Waals surface area contributed by atoms with Gasteiger partial charge in [0, 0.05) is 31.7 Å². The first-order chi connectivity index (χ1) is 10.8. The third-order valence-corrected chi connectivity index (χ3v) is 3.06. The fraction of sp³-hybridized carbons (Fsp3) is 0.214. The number of imidazole rings is 1. The number of rotatable bonds is 6. The monoisotopic (exact) mass is 297 g/mol. The SMILES string of the molecule is O=C(Cn1cncn1)NCCn1ccnc1-c1ccccn1. The summed E-state index contributed by atoms with van der Waals surface area (Å²) < 4.78 is 3.43. The molecule has 0 saturated heterocycles. The van der Waals surface area contributed by atoms with Gasteiger partial charge in [-0.15, -0.1) is 0 Å². The molecule has 0 aromatic carbocycles. The van der Waals surface area contributed by atoms with Crippen LogP contribution in [0.15, 0.2) is 49.4 Å². The van der Waals surface area contributed by atoms with Gasteiger partial charge >= 0.3 is 0 Å². The summed E-state index contributed by atoms with van der Waals surface area (Å²) in [6.07, 6.45) is 8.23. The van der Waals surface area contributed by atoms with Crippen molar-refractivity contribution >= 4 is 5.91 Å². The van der Waals surface area contributed by atoms with E-state index in [2.05, 4.69) is 25.4 Å². The Kier molecular flexibility index (Phi) is 4.19. The second-order valence-electron chi connectivity index (χ2n) is 4.60. The quantitative estimate of drug-likeness (QED) is 0.709. The lowest BCUT2D eigenvalue weighted by Gasteiger charge is -2.08. The fourth-order valence-corrected chi connectivity index (χ4v) is 2.05. The molecule has 1 N–H and O–H groups in total. The van der Waals surface area contributed by atoms with Crippen molar-refractivity contribution in [1.29, 1.82) is 0 Å². The van der Waals surface area contributed by atoms with Crippen LogP contribution in [0, 0.1) is 0 Å². The number of aromatic nitrogens is 6. The normalized spacial score (nSPS) is 10.5. The van der Waals surface area contributed by atoms with Gasteiger partial charge in [0.15, 0.2) is 5.82 Å². The van der Waals surface area contributed by atoms with Crippen molar-refractivity contribution in [1.82, 2.24) is 34.6 Å². The molecule has 0 unspecified atom stereocenters. The molecule has 0 aliphatic carbocycles. The highest BCUT2D eigenvalue weighted by molar-refractivity contribution is 5.75. The Morgan fingerprint density at radius 3 is 2.95 bits per heavy atom. The van der Waals surface area contributed by atoms with Gasteiger partial charge in [-0.05, 0) is 12.1 Å². The Bertz CT molecular complexity index is 721. The van der Waals surface area contributed by atoms with Crippen molar-refractivity contribution in [2.75, 3.05) is 6.54 Å². The van der Waals surface area contributed by atoms with Gasteiger partial charge in [-0.25, -0.2) is 14.6 Å². The molecule has 0 spiro atoms. The number of nitrogens with one attached hydrogen (secondary N) is 1. The average molecular weight is 297 g/mol. The number of carbonyl (C=O) groups excluding carboxylic acids is 1. The summed E-state index contributed by atoms with van der Waals surface area (Å²) in [6, 6.07) is 5.69. The molecule has 0 bridgehead atoms. The molecule has 3 aromatic heterocycles. The summed E-state index contributed by atoms with van der Waals surface area (Å²) in [7, 11) is 0. The van der Waals surface area contributed by atoms with Crippen LogP contribution < -0.4 is 5.32 Å². The van der Waals surface area contributed by atoms with Crippen molar-refractivity contribution in [3.05, 3.63) is 49.4 Å². The maximum absolute atomic E-state index is 11.8. The van der Waals surface area contributed by atoms with Crippen LogP contribution in [0.3, 0.4) is 0 Å². The molecular weight excluding hydrogens is 282 g/mol. The lowest BCUT2D eigenvalue weighted by Crippen LogP contribution is -2.30. The molecule has 3 aromatic rings. The Balaban J connectivity index is 1.54. The topological polar surface area (TPSA) is 90.5 Å². The zero-order valence-electron chi connectivity index (χ0n) is 11.8. The first kappa shape index (κ1) is 13.9. The Labute approximate surface area is 126 Å². The van der Waals surface area contributed by atoms with Crippen LogP contribution in [-0.4, -0.2) is 41.8 Å². The van der Waals surface area contributed by atoms with Crippen molar-refractivity contribution in [2.24, 2.45) is 0 Å². The van der Waals surface area contributed by atoms with Gasteiger partial charge in [-0.3, -0.25) is 9.78 Å². The number of pyridine rings is 1. The second-order valence-corrected chi connectivity index (χ2v) is 4.60. The number of hydrogen-bond donors (Lipinski definition) is 1. The van der Waals surface area contributed by atoms with Gasteiger partial charge in [0.25, 0.3) is 0 Å². The molecular formula is C14H15N7O. The zero-order valence-corrected chi connectivity index (χ0v) is 11.8. The van der Waals surface area contributed by atoms with E-state index in [1.165, 1.54) is 17.3 Å². The minimum absolute atomic E-state index is 0.106. The minimum atomic E-state index is -0.106. The highest BCUT2D eigenvalue weighted by atomic mass is 16.2. The standard InChI is InChI=1S/C14H15N7O/c22-13(9-21-11-15-10-19-21)17-5-7-20-8-6-18-14(20)12-3-1-2-4-16-12/h1-4,6,8,10-11H,5,7,9H2,(H,17,22). The summed E-state index contributed by atoms with van der Waals surface area (Å²) >= 11 is 0. The third-order valence-electron chi connectivity index (χ3n) is 3.06. The van der Waals surface area contributed by atoms with E-state index < -0.39 is 0 Å². The molecule has 0 fully saturated rings. The van der Waals surface area contributed by atoms with Crippen molar-refractivity contribution < 1.29 is 4.79 Å². The van der Waals surface area contributed by atoms with Gasteiger partial charge in [0.2, 0.25) is 5.91 Å². The van der Waals surface area contributed by atoms with Crippen LogP contribution in [0.25, 0.3) is 11.5 Å². The summed E-state index contributed by atoms with van der Waals surface area (Å²) in [6.45, 7) is 1.29. The van der Waals surface area contributed by atoms with E-state index in [4.69, 9.17) is 0 Å². The Hall–Kier alpha value is -3.03. The van der Waals surface area contributed by atoms with Gasteiger partial charge in [-0.2, -0.15) is 5.10 Å². The van der Waals surface area contributed by atoms with E-state index in [-0.39, 0.29) is 12.5 Å². The number of hydrogen-bond acceptors (Lipinski definition) is 5. The molecule has 0 aliphatic rings.